The highest BCUT2D eigenvalue weighted by atomic mass is 32.2. The van der Waals surface area contributed by atoms with E-state index in [1.165, 1.54) is 16.7 Å². The van der Waals surface area contributed by atoms with Crippen molar-refractivity contribution in [1.29, 1.82) is 0 Å². The quantitative estimate of drug-likeness (QED) is 0.663. The fraction of sp³-hybridized carbons (Fsp3) is 0.750. The molecule has 1 rings (SSSR count). The number of thioether (sulfide) groups is 1. The van der Waals surface area contributed by atoms with Gasteiger partial charge in [0.25, 0.3) is 0 Å². The molecule has 0 aromatic heterocycles. The molecule has 0 aromatic rings. The summed E-state index contributed by atoms with van der Waals surface area (Å²) in [6.45, 7) is 3.18. The number of hydrogen-bond donors (Lipinski definition) is 2. The summed E-state index contributed by atoms with van der Waals surface area (Å²) in [6, 6.07) is 0. The van der Waals surface area contributed by atoms with E-state index in [2.05, 4.69) is 5.32 Å². The Balaban J connectivity index is 2.17. The lowest BCUT2D eigenvalue weighted by Crippen LogP contribution is -2.41. The average molecular weight is 287 g/mol. The van der Waals surface area contributed by atoms with Gasteiger partial charge >= 0.3 is 0 Å². The summed E-state index contributed by atoms with van der Waals surface area (Å²) in [5.41, 5.74) is 5.47. The minimum Gasteiger partial charge on any atom is -0.333 e. The number of nitrogens with two attached hydrogens (primary N) is 1. The molecule has 7 heteroatoms. The van der Waals surface area contributed by atoms with Gasteiger partial charge in [0.1, 0.15) is 0 Å². The summed E-state index contributed by atoms with van der Waals surface area (Å²) >= 11 is 1.45. The second kappa shape index (κ2) is 8.16. The summed E-state index contributed by atoms with van der Waals surface area (Å²) in [4.78, 5) is 35.8. The van der Waals surface area contributed by atoms with Crippen LogP contribution in [0.3, 0.4) is 0 Å². The highest BCUT2D eigenvalue weighted by Crippen LogP contribution is 2.09. The molecule has 3 N–H and O–H groups in total. The minimum absolute atomic E-state index is 0.0194. The summed E-state index contributed by atoms with van der Waals surface area (Å²) < 4.78 is 0. The Morgan fingerprint density at radius 3 is 2.79 bits per heavy atom. The number of carbonyl (C=O) groups excluding carboxylic acids is 3. The van der Waals surface area contributed by atoms with Crippen molar-refractivity contribution < 1.29 is 14.4 Å². The molecule has 0 bridgehead atoms. The largest absolute Gasteiger partial charge is 0.333 e. The first-order valence-electron chi connectivity index (χ1n) is 6.41. The first-order valence-corrected chi connectivity index (χ1v) is 7.56. The van der Waals surface area contributed by atoms with E-state index >= 15 is 0 Å². The van der Waals surface area contributed by atoms with E-state index < -0.39 is 5.91 Å². The van der Waals surface area contributed by atoms with Crippen molar-refractivity contribution in [3.8, 4) is 0 Å². The van der Waals surface area contributed by atoms with E-state index in [0.29, 0.717) is 25.4 Å². The Hall–Kier alpha value is -1.08. The van der Waals surface area contributed by atoms with Crippen molar-refractivity contribution in [2.45, 2.75) is 19.8 Å². The summed E-state index contributed by atoms with van der Waals surface area (Å²) in [7, 11) is 0. The maximum Gasteiger partial charge on any atom is 0.246 e. The van der Waals surface area contributed by atoms with Crippen molar-refractivity contribution in [2.24, 2.45) is 11.7 Å². The van der Waals surface area contributed by atoms with Crippen LogP contribution in [0.2, 0.25) is 0 Å². The molecule has 0 saturated carbocycles. The van der Waals surface area contributed by atoms with Crippen LogP contribution >= 0.6 is 11.8 Å². The molecule has 6 nitrogen and oxygen atoms in total. The minimum atomic E-state index is -0.410. The third-order valence-electron chi connectivity index (χ3n) is 2.82. The standard InChI is InChI=1S/C12H21N3O3S/c1-9(5-13)7-19-8-11(17)14-10(16)6-15-4-2-3-12(15)18/h9H,2-8,13H2,1H3,(H,14,16,17). The van der Waals surface area contributed by atoms with Gasteiger partial charge in [-0.15, -0.1) is 0 Å². The van der Waals surface area contributed by atoms with E-state index in [1.54, 1.807) is 0 Å². The van der Waals surface area contributed by atoms with E-state index in [1.807, 2.05) is 6.92 Å². The van der Waals surface area contributed by atoms with Gasteiger partial charge in [-0.25, -0.2) is 0 Å². The Labute approximate surface area is 117 Å². The number of carbonyl (C=O) groups is 3. The molecule has 1 aliphatic rings. The van der Waals surface area contributed by atoms with Crippen LogP contribution in [0.4, 0.5) is 0 Å². The SMILES string of the molecule is CC(CN)CSCC(=O)NC(=O)CN1CCCC1=O. The van der Waals surface area contributed by atoms with Gasteiger partial charge in [-0.3, -0.25) is 19.7 Å². The molecular weight excluding hydrogens is 266 g/mol. The number of nitrogens with zero attached hydrogens (tertiary/aromatic N) is 1. The Morgan fingerprint density at radius 1 is 1.47 bits per heavy atom. The van der Waals surface area contributed by atoms with Crippen molar-refractivity contribution in [1.82, 2.24) is 10.2 Å². The zero-order valence-electron chi connectivity index (χ0n) is 11.2. The van der Waals surface area contributed by atoms with Crippen LogP contribution in [0.5, 0.6) is 0 Å². The van der Waals surface area contributed by atoms with Gasteiger partial charge in [0.2, 0.25) is 17.7 Å². The number of hydrogen-bond acceptors (Lipinski definition) is 5. The van der Waals surface area contributed by atoms with Gasteiger partial charge < -0.3 is 10.6 Å². The molecule has 1 aliphatic heterocycles. The molecule has 19 heavy (non-hydrogen) atoms. The van der Waals surface area contributed by atoms with E-state index in [9.17, 15) is 14.4 Å². The predicted molar refractivity (Wildman–Crippen MR) is 74.5 cm³/mol. The maximum atomic E-state index is 11.6. The van der Waals surface area contributed by atoms with Crippen LogP contribution in [0.15, 0.2) is 0 Å². The van der Waals surface area contributed by atoms with Gasteiger partial charge in [0.05, 0.1) is 12.3 Å². The highest BCUT2D eigenvalue weighted by molar-refractivity contribution is 7.99. The molecule has 0 radical (unpaired) electrons. The summed E-state index contributed by atoms with van der Waals surface area (Å²) in [6.07, 6.45) is 1.28. The second-order valence-electron chi connectivity index (χ2n) is 4.75. The van der Waals surface area contributed by atoms with E-state index in [-0.39, 0.29) is 24.1 Å². The molecule has 1 heterocycles. The lowest BCUT2D eigenvalue weighted by atomic mass is 10.2. The zero-order valence-corrected chi connectivity index (χ0v) is 12.0. The molecule has 1 atom stereocenters. The topological polar surface area (TPSA) is 92.5 Å². The van der Waals surface area contributed by atoms with Crippen LogP contribution in [-0.4, -0.2) is 53.8 Å². The van der Waals surface area contributed by atoms with Gasteiger partial charge in [0, 0.05) is 13.0 Å². The number of imide groups is 1. The van der Waals surface area contributed by atoms with Crippen LogP contribution in [0.25, 0.3) is 0 Å². The third kappa shape index (κ3) is 6.07. The fourth-order valence-corrected chi connectivity index (χ4v) is 2.61. The molecule has 0 aliphatic carbocycles. The lowest BCUT2D eigenvalue weighted by molar-refractivity contribution is -0.135. The molecule has 1 saturated heterocycles. The number of rotatable bonds is 7. The number of likely N-dealkylation sites (tertiary alicyclic amines) is 1. The maximum absolute atomic E-state index is 11.6. The zero-order chi connectivity index (χ0) is 14.3. The first kappa shape index (κ1) is 16.0. The Bertz CT molecular complexity index is 349. The molecule has 3 amide bonds. The second-order valence-corrected chi connectivity index (χ2v) is 5.78. The third-order valence-corrected chi connectivity index (χ3v) is 4.09. The summed E-state index contributed by atoms with van der Waals surface area (Å²) in [5.74, 6) is 0.648. The van der Waals surface area contributed by atoms with Crippen molar-refractivity contribution in [2.75, 3.05) is 31.1 Å². The van der Waals surface area contributed by atoms with Gasteiger partial charge in [0.15, 0.2) is 0 Å². The normalized spacial score (nSPS) is 16.5. The molecule has 1 fully saturated rings. The molecular formula is C12H21N3O3S. The van der Waals surface area contributed by atoms with Gasteiger partial charge in [-0.05, 0) is 24.6 Å². The highest BCUT2D eigenvalue weighted by Gasteiger charge is 2.22. The van der Waals surface area contributed by atoms with Crippen molar-refractivity contribution in [3.63, 3.8) is 0 Å². The molecule has 108 valence electrons. The monoisotopic (exact) mass is 287 g/mol. The number of nitrogens with one attached hydrogen (secondary N) is 1. The first-order chi connectivity index (χ1) is 9.02. The Kier molecular flexibility index (Phi) is 6.86. The smallest absolute Gasteiger partial charge is 0.246 e. The van der Waals surface area contributed by atoms with Crippen LogP contribution in [0, 0.1) is 5.92 Å². The molecule has 0 aromatic carbocycles. The van der Waals surface area contributed by atoms with Crippen LogP contribution < -0.4 is 11.1 Å². The van der Waals surface area contributed by atoms with E-state index in [0.717, 1.165) is 12.2 Å². The van der Waals surface area contributed by atoms with Gasteiger partial charge in [-0.2, -0.15) is 11.8 Å². The lowest BCUT2D eigenvalue weighted by Gasteiger charge is -2.14. The van der Waals surface area contributed by atoms with Crippen molar-refractivity contribution >= 4 is 29.5 Å². The van der Waals surface area contributed by atoms with Crippen LogP contribution in [-0.2, 0) is 14.4 Å². The Morgan fingerprint density at radius 2 is 2.21 bits per heavy atom. The summed E-state index contributed by atoms with van der Waals surface area (Å²) in [5, 5.41) is 2.30. The number of amides is 3. The predicted octanol–water partition coefficient (Wildman–Crippen LogP) is -0.420. The van der Waals surface area contributed by atoms with Crippen LogP contribution in [0.1, 0.15) is 19.8 Å². The molecule has 1 unspecified atom stereocenters. The van der Waals surface area contributed by atoms with E-state index in [4.69, 9.17) is 5.73 Å². The van der Waals surface area contributed by atoms with Gasteiger partial charge in [-0.1, -0.05) is 6.92 Å². The molecule has 0 spiro atoms. The fourth-order valence-electron chi connectivity index (χ4n) is 1.70. The van der Waals surface area contributed by atoms with Crippen molar-refractivity contribution in [3.05, 3.63) is 0 Å². The average Bonchev–Trinajstić information content (AvgIpc) is 2.74.